The Bertz CT molecular complexity index is 907. The van der Waals surface area contributed by atoms with E-state index in [9.17, 15) is 0 Å². The van der Waals surface area contributed by atoms with Crippen molar-refractivity contribution in [2.24, 2.45) is 7.05 Å². The van der Waals surface area contributed by atoms with Crippen molar-refractivity contribution in [3.05, 3.63) is 59.8 Å². The number of hydrogen-bond donors (Lipinski definition) is 1. The molecule has 3 rings (SSSR count). The van der Waals surface area contributed by atoms with Crippen molar-refractivity contribution in [1.82, 2.24) is 4.57 Å². The predicted molar refractivity (Wildman–Crippen MR) is 106 cm³/mol. The number of nitrogens with zero attached hydrogens (tertiary/aromatic N) is 1. The summed E-state index contributed by atoms with van der Waals surface area (Å²) < 4.78 is 2.20. The van der Waals surface area contributed by atoms with Crippen LogP contribution in [-0.4, -0.2) is 4.57 Å². The van der Waals surface area contributed by atoms with Gasteiger partial charge in [0.25, 0.3) is 0 Å². The predicted octanol–water partition coefficient (Wildman–Crippen LogP) is 5.76. The van der Waals surface area contributed by atoms with Crippen LogP contribution in [0.2, 0.25) is 0 Å². The van der Waals surface area contributed by atoms with Gasteiger partial charge >= 0.3 is 0 Å². The van der Waals surface area contributed by atoms with Crippen LogP contribution in [0.3, 0.4) is 0 Å². The number of nitrogens with two attached hydrogens (primary N) is 1. The molecule has 0 amide bonds. The van der Waals surface area contributed by atoms with Crippen LogP contribution < -0.4 is 5.73 Å². The third-order valence-corrected chi connectivity index (χ3v) is 4.63. The Balaban J connectivity index is 2.42. The maximum atomic E-state index is 6.54. The lowest BCUT2D eigenvalue weighted by Gasteiger charge is -2.22. The number of aryl methyl sites for hydroxylation is 1. The highest BCUT2D eigenvalue weighted by Crippen LogP contribution is 2.40. The molecule has 0 aliphatic rings. The van der Waals surface area contributed by atoms with Gasteiger partial charge in [-0.3, -0.25) is 0 Å². The Morgan fingerprint density at radius 2 is 1.67 bits per heavy atom. The minimum atomic E-state index is 0.0196. The summed E-state index contributed by atoms with van der Waals surface area (Å²) in [6.45, 7) is 8.77. The van der Waals surface area contributed by atoms with Crippen LogP contribution in [0.1, 0.15) is 39.0 Å². The van der Waals surface area contributed by atoms with E-state index < -0.39 is 0 Å². The molecule has 0 saturated heterocycles. The summed E-state index contributed by atoms with van der Waals surface area (Å²) in [5.41, 5.74) is 13.5. The monoisotopic (exact) mass is 318 g/mol. The highest BCUT2D eigenvalue weighted by molar-refractivity contribution is 6.01. The van der Waals surface area contributed by atoms with Crippen LogP contribution in [0.25, 0.3) is 28.1 Å². The number of aromatic nitrogens is 1. The minimum absolute atomic E-state index is 0.0196. The largest absolute Gasteiger partial charge is 0.396 e. The molecule has 0 fully saturated rings. The number of hydrogen-bond acceptors (Lipinski definition) is 1. The number of allylic oxidation sites excluding steroid dienone is 1. The van der Waals surface area contributed by atoms with Crippen molar-refractivity contribution in [2.75, 3.05) is 5.73 Å². The van der Waals surface area contributed by atoms with E-state index in [0.29, 0.717) is 0 Å². The Morgan fingerprint density at radius 3 is 2.25 bits per heavy atom. The number of rotatable bonds is 2. The zero-order chi connectivity index (χ0) is 17.5. The van der Waals surface area contributed by atoms with Gasteiger partial charge in [-0.15, -0.1) is 0 Å². The van der Waals surface area contributed by atoms with E-state index in [-0.39, 0.29) is 5.41 Å². The van der Waals surface area contributed by atoms with Crippen molar-refractivity contribution in [2.45, 2.75) is 33.1 Å². The highest BCUT2D eigenvalue weighted by atomic mass is 15.0. The van der Waals surface area contributed by atoms with Crippen LogP contribution >= 0.6 is 0 Å². The fraction of sp³-hybridized carbons (Fsp3) is 0.273. The van der Waals surface area contributed by atoms with Gasteiger partial charge in [0.1, 0.15) is 0 Å². The molecule has 3 aromatic rings. The van der Waals surface area contributed by atoms with Crippen molar-refractivity contribution in [3.8, 4) is 11.1 Å². The maximum absolute atomic E-state index is 6.54. The molecule has 0 unspecified atom stereocenters. The van der Waals surface area contributed by atoms with E-state index in [1.165, 1.54) is 27.6 Å². The molecule has 2 heteroatoms. The molecular weight excluding hydrogens is 292 g/mol. The van der Waals surface area contributed by atoms with Gasteiger partial charge in [0.05, 0.1) is 16.9 Å². The van der Waals surface area contributed by atoms with Crippen molar-refractivity contribution in [1.29, 1.82) is 0 Å². The Kier molecular flexibility index (Phi) is 4.00. The van der Waals surface area contributed by atoms with Crippen molar-refractivity contribution >= 4 is 22.7 Å². The topological polar surface area (TPSA) is 30.9 Å². The summed E-state index contributed by atoms with van der Waals surface area (Å²) in [5.74, 6) is 0. The molecule has 24 heavy (non-hydrogen) atoms. The van der Waals surface area contributed by atoms with E-state index in [1.807, 2.05) is 13.0 Å². The van der Waals surface area contributed by atoms with E-state index in [2.05, 4.69) is 80.9 Å². The second-order valence-electron chi connectivity index (χ2n) is 7.39. The number of benzene rings is 2. The van der Waals surface area contributed by atoms with Crippen molar-refractivity contribution in [3.63, 3.8) is 0 Å². The van der Waals surface area contributed by atoms with Crippen LogP contribution in [0.15, 0.2) is 48.5 Å². The van der Waals surface area contributed by atoms with Gasteiger partial charge in [-0.25, -0.2) is 0 Å². The average Bonchev–Trinajstić information content (AvgIpc) is 2.79. The Hall–Kier alpha value is -2.48. The minimum Gasteiger partial charge on any atom is -0.396 e. The molecule has 0 aliphatic carbocycles. The molecule has 1 aromatic heterocycles. The summed E-state index contributed by atoms with van der Waals surface area (Å²) in [6, 6.07) is 15.1. The van der Waals surface area contributed by atoms with Gasteiger partial charge < -0.3 is 10.3 Å². The van der Waals surface area contributed by atoms with Gasteiger partial charge in [0.2, 0.25) is 0 Å². The smallest absolute Gasteiger partial charge is 0.0653 e. The second kappa shape index (κ2) is 5.86. The zero-order valence-corrected chi connectivity index (χ0v) is 15.2. The van der Waals surface area contributed by atoms with E-state index in [0.717, 1.165) is 11.4 Å². The molecule has 2 aromatic carbocycles. The fourth-order valence-corrected chi connectivity index (χ4v) is 3.36. The first-order valence-electron chi connectivity index (χ1n) is 8.45. The van der Waals surface area contributed by atoms with Crippen molar-refractivity contribution < 1.29 is 0 Å². The lowest BCUT2D eigenvalue weighted by molar-refractivity contribution is 0.596. The molecule has 0 bridgehead atoms. The molecule has 124 valence electrons. The Morgan fingerprint density at radius 1 is 1.00 bits per heavy atom. The van der Waals surface area contributed by atoms with Gasteiger partial charge in [0.15, 0.2) is 0 Å². The van der Waals surface area contributed by atoms with Gasteiger partial charge in [-0.05, 0) is 47.2 Å². The van der Waals surface area contributed by atoms with E-state index >= 15 is 0 Å². The molecule has 0 atom stereocenters. The average molecular weight is 318 g/mol. The van der Waals surface area contributed by atoms with E-state index in [1.54, 1.807) is 0 Å². The number of fused-ring (bicyclic) bond motifs is 1. The van der Waals surface area contributed by atoms with Crippen LogP contribution in [-0.2, 0) is 12.5 Å². The highest BCUT2D eigenvalue weighted by Gasteiger charge is 2.23. The molecule has 2 nitrogen and oxygen atoms in total. The number of nitrogen functional groups attached to an aromatic ring is 1. The molecular formula is C22H26N2. The summed E-state index contributed by atoms with van der Waals surface area (Å²) in [4.78, 5) is 0. The third kappa shape index (κ3) is 2.62. The first-order chi connectivity index (χ1) is 11.3. The lowest BCUT2D eigenvalue weighted by atomic mass is 9.82. The molecule has 0 saturated carbocycles. The van der Waals surface area contributed by atoms with Gasteiger partial charge in [-0.2, -0.15) is 0 Å². The summed E-state index contributed by atoms with van der Waals surface area (Å²) >= 11 is 0. The fourth-order valence-electron chi connectivity index (χ4n) is 3.36. The SMILES string of the molecule is C/C=C\c1c(N)c2c(C(C)(C)C)cc(-c3ccccc3)cc2n1C. The molecule has 0 aliphatic heterocycles. The maximum Gasteiger partial charge on any atom is 0.0653 e. The van der Waals surface area contributed by atoms with Gasteiger partial charge in [0, 0.05) is 12.4 Å². The molecule has 1 heterocycles. The van der Waals surface area contributed by atoms with Crippen LogP contribution in [0.5, 0.6) is 0 Å². The first kappa shape index (κ1) is 16.4. The zero-order valence-electron chi connectivity index (χ0n) is 15.2. The molecule has 2 N–H and O–H groups in total. The Labute approximate surface area is 144 Å². The molecule has 0 spiro atoms. The summed E-state index contributed by atoms with van der Waals surface area (Å²) in [6.07, 6.45) is 4.13. The summed E-state index contributed by atoms with van der Waals surface area (Å²) in [5, 5.41) is 1.18. The lowest BCUT2D eigenvalue weighted by Crippen LogP contribution is -2.12. The molecule has 0 radical (unpaired) electrons. The second-order valence-corrected chi connectivity index (χ2v) is 7.39. The first-order valence-corrected chi connectivity index (χ1v) is 8.45. The van der Waals surface area contributed by atoms with Crippen LogP contribution in [0, 0.1) is 0 Å². The quantitative estimate of drug-likeness (QED) is 0.640. The van der Waals surface area contributed by atoms with Crippen LogP contribution in [0.4, 0.5) is 5.69 Å². The van der Waals surface area contributed by atoms with E-state index in [4.69, 9.17) is 5.73 Å². The normalized spacial score (nSPS) is 12.4. The standard InChI is InChI=1S/C22H26N2/c1-6-10-18-21(23)20-17(22(2,3)4)13-16(14-19(20)24(18)5)15-11-8-7-9-12-15/h6-14H,23H2,1-5H3/b10-6-. The van der Waals surface area contributed by atoms with Gasteiger partial charge in [-0.1, -0.05) is 57.2 Å². The summed E-state index contributed by atoms with van der Waals surface area (Å²) in [7, 11) is 2.09. The number of anilines is 1. The third-order valence-electron chi connectivity index (χ3n) is 4.63.